The van der Waals surface area contributed by atoms with E-state index >= 15 is 0 Å². The van der Waals surface area contributed by atoms with E-state index in [1.54, 1.807) is 11.3 Å². The minimum atomic E-state index is 0.670. The first kappa shape index (κ1) is 14.1. The molecule has 2 aromatic heterocycles. The maximum Gasteiger partial charge on any atom is 0.241 e. The standard InChI is InChI=1S/C16H14BrN3OS/c17-13-7-14(22-10-13)16-18-15(21-19-16)9-20-6-5-11-3-1-2-4-12(11)8-20/h1-4,7,10H,5-6,8-9H2. The summed E-state index contributed by atoms with van der Waals surface area (Å²) in [6, 6.07) is 10.6. The normalized spacial score (nSPS) is 15.0. The molecular formula is C16H14BrN3OS. The molecule has 1 aliphatic heterocycles. The van der Waals surface area contributed by atoms with Gasteiger partial charge in [-0.05, 0) is 39.5 Å². The van der Waals surface area contributed by atoms with Gasteiger partial charge in [-0.2, -0.15) is 4.98 Å². The van der Waals surface area contributed by atoms with Gasteiger partial charge < -0.3 is 4.52 Å². The van der Waals surface area contributed by atoms with Crippen LogP contribution in [0.4, 0.5) is 0 Å². The summed E-state index contributed by atoms with van der Waals surface area (Å²) in [4.78, 5) is 7.88. The van der Waals surface area contributed by atoms with E-state index in [1.807, 2.05) is 11.4 Å². The van der Waals surface area contributed by atoms with Crippen LogP contribution < -0.4 is 0 Å². The highest BCUT2D eigenvalue weighted by Crippen LogP contribution is 2.28. The molecule has 0 amide bonds. The molecule has 0 atom stereocenters. The van der Waals surface area contributed by atoms with Gasteiger partial charge in [0.25, 0.3) is 0 Å². The summed E-state index contributed by atoms with van der Waals surface area (Å²) in [5.41, 5.74) is 2.85. The first-order valence-corrected chi connectivity index (χ1v) is 8.81. The van der Waals surface area contributed by atoms with Gasteiger partial charge >= 0.3 is 0 Å². The summed E-state index contributed by atoms with van der Waals surface area (Å²) < 4.78 is 6.46. The van der Waals surface area contributed by atoms with Crippen molar-refractivity contribution in [1.29, 1.82) is 0 Å². The number of rotatable bonds is 3. The van der Waals surface area contributed by atoms with Gasteiger partial charge in [-0.1, -0.05) is 29.4 Å². The number of nitrogens with zero attached hydrogens (tertiary/aromatic N) is 3. The molecule has 0 fully saturated rings. The first-order chi connectivity index (χ1) is 10.8. The Kier molecular flexibility index (Phi) is 3.82. The fourth-order valence-electron chi connectivity index (χ4n) is 2.73. The van der Waals surface area contributed by atoms with E-state index in [0.717, 1.165) is 28.9 Å². The van der Waals surface area contributed by atoms with Crippen molar-refractivity contribution in [2.45, 2.75) is 19.5 Å². The van der Waals surface area contributed by atoms with Gasteiger partial charge in [-0.15, -0.1) is 11.3 Å². The lowest BCUT2D eigenvalue weighted by atomic mass is 10.00. The SMILES string of the molecule is Brc1csc(-c2noc(CN3CCc4ccccc4C3)n2)c1. The van der Waals surface area contributed by atoms with Crippen molar-refractivity contribution in [3.8, 4) is 10.7 Å². The van der Waals surface area contributed by atoms with E-state index in [9.17, 15) is 0 Å². The molecule has 112 valence electrons. The van der Waals surface area contributed by atoms with Gasteiger partial charge in [-0.25, -0.2) is 0 Å². The summed E-state index contributed by atoms with van der Waals surface area (Å²) in [5.74, 6) is 1.35. The third-order valence-electron chi connectivity index (χ3n) is 3.82. The largest absolute Gasteiger partial charge is 0.338 e. The molecule has 3 heterocycles. The van der Waals surface area contributed by atoms with Gasteiger partial charge in [0.2, 0.25) is 11.7 Å². The molecule has 0 N–H and O–H groups in total. The molecule has 6 heteroatoms. The van der Waals surface area contributed by atoms with Crippen molar-refractivity contribution >= 4 is 27.3 Å². The highest BCUT2D eigenvalue weighted by molar-refractivity contribution is 9.10. The van der Waals surface area contributed by atoms with Gasteiger partial charge in [0.1, 0.15) is 0 Å². The summed E-state index contributed by atoms with van der Waals surface area (Å²) in [6.45, 7) is 2.67. The number of benzene rings is 1. The highest BCUT2D eigenvalue weighted by atomic mass is 79.9. The van der Waals surface area contributed by atoms with Crippen LogP contribution in [0.1, 0.15) is 17.0 Å². The summed E-state index contributed by atoms with van der Waals surface area (Å²) >= 11 is 5.05. The van der Waals surface area contributed by atoms with E-state index in [2.05, 4.69) is 55.2 Å². The second kappa shape index (κ2) is 5.95. The molecule has 1 aliphatic rings. The van der Waals surface area contributed by atoms with Crippen molar-refractivity contribution in [2.24, 2.45) is 0 Å². The predicted molar refractivity (Wildman–Crippen MR) is 89.6 cm³/mol. The first-order valence-electron chi connectivity index (χ1n) is 7.14. The van der Waals surface area contributed by atoms with Crippen molar-refractivity contribution in [3.63, 3.8) is 0 Å². The Hall–Kier alpha value is -1.50. The molecule has 4 nitrogen and oxygen atoms in total. The number of thiophene rings is 1. The Morgan fingerprint density at radius 2 is 2.14 bits per heavy atom. The minimum absolute atomic E-state index is 0.670. The topological polar surface area (TPSA) is 42.2 Å². The Morgan fingerprint density at radius 1 is 1.27 bits per heavy atom. The zero-order chi connectivity index (χ0) is 14.9. The molecule has 0 bridgehead atoms. The van der Waals surface area contributed by atoms with Gasteiger partial charge in [0, 0.05) is 22.9 Å². The molecule has 0 radical (unpaired) electrons. The molecule has 0 unspecified atom stereocenters. The van der Waals surface area contributed by atoms with Crippen molar-refractivity contribution < 1.29 is 4.52 Å². The van der Waals surface area contributed by atoms with E-state index < -0.39 is 0 Å². The van der Waals surface area contributed by atoms with Crippen LogP contribution in [0.25, 0.3) is 10.7 Å². The number of halogens is 1. The van der Waals surface area contributed by atoms with Crippen LogP contribution in [0.5, 0.6) is 0 Å². The highest BCUT2D eigenvalue weighted by Gasteiger charge is 2.19. The number of aromatic nitrogens is 2. The predicted octanol–water partition coefficient (Wildman–Crippen LogP) is 4.12. The van der Waals surface area contributed by atoms with E-state index in [0.29, 0.717) is 18.3 Å². The molecule has 3 aromatic rings. The molecule has 0 spiro atoms. The fraction of sp³-hybridized carbons (Fsp3) is 0.250. The second-order valence-corrected chi connectivity index (χ2v) is 7.20. The second-order valence-electron chi connectivity index (χ2n) is 5.37. The summed E-state index contributed by atoms with van der Waals surface area (Å²) in [7, 11) is 0. The maximum absolute atomic E-state index is 5.41. The monoisotopic (exact) mass is 375 g/mol. The third-order valence-corrected chi connectivity index (χ3v) is 5.51. The van der Waals surface area contributed by atoms with E-state index in [1.165, 1.54) is 11.1 Å². The molecule has 0 aliphatic carbocycles. The van der Waals surface area contributed by atoms with Gasteiger partial charge in [-0.3, -0.25) is 4.90 Å². The number of hydrogen-bond donors (Lipinski definition) is 0. The number of hydrogen-bond acceptors (Lipinski definition) is 5. The average Bonchev–Trinajstić information content (AvgIpc) is 3.16. The van der Waals surface area contributed by atoms with E-state index in [-0.39, 0.29) is 0 Å². The van der Waals surface area contributed by atoms with Crippen LogP contribution >= 0.6 is 27.3 Å². The van der Waals surface area contributed by atoms with Gasteiger partial charge in [0.05, 0.1) is 11.4 Å². The molecular weight excluding hydrogens is 362 g/mol. The Bertz CT molecular complexity index is 798. The van der Waals surface area contributed by atoms with Crippen molar-refractivity contribution in [2.75, 3.05) is 6.54 Å². The van der Waals surface area contributed by atoms with Gasteiger partial charge in [0.15, 0.2) is 0 Å². The molecule has 0 saturated carbocycles. The molecule has 4 rings (SSSR count). The molecule has 22 heavy (non-hydrogen) atoms. The molecule has 1 aromatic carbocycles. The van der Waals surface area contributed by atoms with Crippen LogP contribution in [-0.4, -0.2) is 21.6 Å². The van der Waals surface area contributed by atoms with Crippen LogP contribution in [-0.2, 0) is 19.5 Å². The summed E-state index contributed by atoms with van der Waals surface area (Å²) in [6.07, 6.45) is 1.08. The third kappa shape index (κ3) is 2.86. The maximum atomic E-state index is 5.41. The van der Waals surface area contributed by atoms with Crippen LogP contribution in [0.15, 0.2) is 44.7 Å². The minimum Gasteiger partial charge on any atom is -0.338 e. The quantitative estimate of drug-likeness (QED) is 0.690. The van der Waals surface area contributed by atoms with E-state index in [4.69, 9.17) is 4.52 Å². The van der Waals surface area contributed by atoms with Crippen LogP contribution in [0, 0.1) is 0 Å². The van der Waals surface area contributed by atoms with Crippen LogP contribution in [0.3, 0.4) is 0 Å². The van der Waals surface area contributed by atoms with Crippen molar-refractivity contribution in [3.05, 3.63) is 57.2 Å². The number of fused-ring (bicyclic) bond motifs is 1. The zero-order valence-corrected chi connectivity index (χ0v) is 14.2. The lowest BCUT2D eigenvalue weighted by Gasteiger charge is -2.27. The lowest BCUT2D eigenvalue weighted by Crippen LogP contribution is -2.30. The molecule has 0 saturated heterocycles. The average molecular weight is 376 g/mol. The fourth-order valence-corrected chi connectivity index (χ4v) is 4.08. The lowest BCUT2D eigenvalue weighted by molar-refractivity contribution is 0.210. The Balaban J connectivity index is 1.47. The van der Waals surface area contributed by atoms with Crippen molar-refractivity contribution in [1.82, 2.24) is 15.0 Å². The summed E-state index contributed by atoms with van der Waals surface area (Å²) in [5, 5.41) is 6.11. The Labute approximate surface area is 140 Å². The zero-order valence-electron chi connectivity index (χ0n) is 11.8. The smallest absolute Gasteiger partial charge is 0.241 e. The Morgan fingerprint density at radius 3 is 2.95 bits per heavy atom. The van der Waals surface area contributed by atoms with Crippen LogP contribution in [0.2, 0.25) is 0 Å².